The Morgan fingerprint density at radius 3 is 2.52 bits per heavy atom. The first-order chi connectivity index (χ1) is 10.0. The molecular weight excluding hydrogens is 311 g/mol. The number of aliphatic hydroxyl groups excluding tert-OH is 1. The molecule has 0 amide bonds. The average molecular weight is 327 g/mol. The Balaban J connectivity index is 2.18. The van der Waals surface area contributed by atoms with Crippen molar-refractivity contribution in [1.82, 2.24) is 0 Å². The number of methoxy groups -OCH3 is 1. The molecule has 1 N–H and O–H groups in total. The molecule has 21 heavy (non-hydrogen) atoms. The number of hydrogen-bond donors (Lipinski definition) is 1. The van der Waals surface area contributed by atoms with Crippen LogP contribution in [0.25, 0.3) is 0 Å². The summed E-state index contributed by atoms with van der Waals surface area (Å²) in [5, 5.41) is 10.8. The lowest BCUT2D eigenvalue weighted by molar-refractivity contribution is 0.198. The van der Waals surface area contributed by atoms with Gasteiger partial charge in [-0.15, -0.1) is 0 Å². The predicted molar refractivity (Wildman–Crippen MR) is 84.4 cm³/mol. The zero-order valence-corrected chi connectivity index (χ0v) is 13.3. The summed E-state index contributed by atoms with van der Waals surface area (Å²) in [6.07, 6.45) is -0.560. The molecule has 2 rings (SSSR count). The van der Waals surface area contributed by atoms with Crippen LogP contribution in [0.15, 0.2) is 36.4 Å². The number of benzene rings is 2. The number of ether oxygens (including phenoxy) is 2. The van der Waals surface area contributed by atoms with E-state index < -0.39 is 6.10 Å². The van der Waals surface area contributed by atoms with Crippen LogP contribution in [-0.2, 0) is 6.61 Å². The Kier molecular flexibility index (Phi) is 5.34. The van der Waals surface area contributed by atoms with Crippen LogP contribution in [0.2, 0.25) is 10.0 Å². The van der Waals surface area contributed by atoms with Gasteiger partial charge in [-0.2, -0.15) is 0 Å². The van der Waals surface area contributed by atoms with Gasteiger partial charge in [0.1, 0.15) is 6.61 Å². The van der Waals surface area contributed by atoms with Crippen LogP contribution >= 0.6 is 23.2 Å². The zero-order chi connectivity index (χ0) is 15.4. The second-order valence-electron chi connectivity index (χ2n) is 4.61. The number of rotatable bonds is 5. The summed E-state index contributed by atoms with van der Waals surface area (Å²) >= 11 is 12.0. The normalized spacial score (nSPS) is 12.0. The van der Waals surface area contributed by atoms with Gasteiger partial charge >= 0.3 is 0 Å². The standard InChI is InChI=1S/C16H16Cl2O3/c1-10(19)11-3-6-15(16(8-11)20-2)21-9-12-7-13(17)4-5-14(12)18/h3-8,10,19H,9H2,1-2H3/t10-/m1/s1. The molecule has 5 heteroatoms. The first-order valence-electron chi connectivity index (χ1n) is 6.44. The van der Waals surface area contributed by atoms with Gasteiger partial charge in [-0.25, -0.2) is 0 Å². The molecule has 0 fully saturated rings. The fourth-order valence-electron chi connectivity index (χ4n) is 1.87. The molecule has 0 heterocycles. The monoisotopic (exact) mass is 326 g/mol. The van der Waals surface area contributed by atoms with Crippen LogP contribution < -0.4 is 9.47 Å². The average Bonchev–Trinajstić information content (AvgIpc) is 2.47. The van der Waals surface area contributed by atoms with E-state index in [2.05, 4.69) is 0 Å². The van der Waals surface area contributed by atoms with E-state index in [0.717, 1.165) is 11.1 Å². The molecule has 112 valence electrons. The van der Waals surface area contributed by atoms with Gasteiger partial charge in [0.15, 0.2) is 11.5 Å². The Bertz CT molecular complexity index is 627. The van der Waals surface area contributed by atoms with Crippen LogP contribution in [0.5, 0.6) is 11.5 Å². The lowest BCUT2D eigenvalue weighted by atomic mass is 10.1. The minimum absolute atomic E-state index is 0.282. The lowest BCUT2D eigenvalue weighted by Gasteiger charge is -2.14. The zero-order valence-electron chi connectivity index (χ0n) is 11.8. The molecule has 0 aliphatic heterocycles. The minimum atomic E-state index is -0.560. The molecular formula is C16H16Cl2O3. The van der Waals surface area contributed by atoms with E-state index in [4.69, 9.17) is 32.7 Å². The van der Waals surface area contributed by atoms with Crippen molar-refractivity contribution in [2.45, 2.75) is 19.6 Å². The van der Waals surface area contributed by atoms with E-state index in [9.17, 15) is 5.11 Å². The van der Waals surface area contributed by atoms with Crippen molar-refractivity contribution in [3.05, 3.63) is 57.6 Å². The fraction of sp³-hybridized carbons (Fsp3) is 0.250. The first-order valence-corrected chi connectivity index (χ1v) is 7.19. The van der Waals surface area contributed by atoms with E-state index >= 15 is 0 Å². The second kappa shape index (κ2) is 7.03. The fourth-order valence-corrected chi connectivity index (χ4v) is 2.24. The van der Waals surface area contributed by atoms with Crippen LogP contribution in [0, 0.1) is 0 Å². The van der Waals surface area contributed by atoms with Gasteiger partial charge in [0.05, 0.1) is 13.2 Å². The smallest absolute Gasteiger partial charge is 0.161 e. The highest BCUT2D eigenvalue weighted by molar-refractivity contribution is 6.33. The number of halogens is 2. The third-order valence-electron chi connectivity index (χ3n) is 3.06. The van der Waals surface area contributed by atoms with Crippen LogP contribution in [0.3, 0.4) is 0 Å². The molecule has 0 radical (unpaired) electrons. The Hall–Kier alpha value is -1.42. The van der Waals surface area contributed by atoms with Crippen molar-refractivity contribution in [3.8, 4) is 11.5 Å². The van der Waals surface area contributed by atoms with Gasteiger partial charge in [0.2, 0.25) is 0 Å². The van der Waals surface area contributed by atoms with Gasteiger partial charge < -0.3 is 14.6 Å². The van der Waals surface area contributed by atoms with Crippen molar-refractivity contribution in [3.63, 3.8) is 0 Å². The van der Waals surface area contributed by atoms with Gasteiger partial charge in [0.25, 0.3) is 0 Å². The summed E-state index contributed by atoms with van der Waals surface area (Å²) in [6.45, 7) is 1.98. The molecule has 0 aliphatic rings. The predicted octanol–water partition coefficient (Wildman–Crippen LogP) is 4.63. The molecule has 0 spiro atoms. The van der Waals surface area contributed by atoms with Gasteiger partial charge in [-0.1, -0.05) is 29.3 Å². The van der Waals surface area contributed by atoms with Crippen LogP contribution in [0.1, 0.15) is 24.2 Å². The van der Waals surface area contributed by atoms with Gasteiger partial charge in [0, 0.05) is 15.6 Å². The summed E-state index contributed by atoms with van der Waals surface area (Å²) in [7, 11) is 1.56. The molecule has 0 saturated heterocycles. The molecule has 0 aliphatic carbocycles. The second-order valence-corrected chi connectivity index (χ2v) is 5.45. The van der Waals surface area contributed by atoms with Crippen LogP contribution in [0.4, 0.5) is 0 Å². The SMILES string of the molecule is COc1cc([C@@H](C)O)ccc1OCc1cc(Cl)ccc1Cl. The minimum Gasteiger partial charge on any atom is -0.493 e. The Morgan fingerprint density at radius 1 is 1.10 bits per heavy atom. The molecule has 0 bridgehead atoms. The molecule has 2 aromatic rings. The summed E-state index contributed by atoms with van der Waals surface area (Å²) in [4.78, 5) is 0. The molecule has 1 atom stereocenters. The van der Waals surface area contributed by atoms with Crippen molar-refractivity contribution in [2.75, 3.05) is 7.11 Å². The van der Waals surface area contributed by atoms with E-state index in [1.807, 2.05) is 0 Å². The van der Waals surface area contributed by atoms with Crippen molar-refractivity contribution in [2.24, 2.45) is 0 Å². The summed E-state index contributed by atoms with van der Waals surface area (Å²) in [5.41, 5.74) is 1.56. The summed E-state index contributed by atoms with van der Waals surface area (Å²) in [6, 6.07) is 10.5. The maximum atomic E-state index is 9.58. The topological polar surface area (TPSA) is 38.7 Å². The lowest BCUT2D eigenvalue weighted by Crippen LogP contribution is -2.00. The molecule has 0 aromatic heterocycles. The number of aliphatic hydroxyl groups is 1. The highest BCUT2D eigenvalue weighted by Crippen LogP contribution is 2.31. The Labute approximate surface area is 134 Å². The quantitative estimate of drug-likeness (QED) is 0.870. The molecule has 0 saturated carbocycles. The summed E-state index contributed by atoms with van der Waals surface area (Å²) in [5.74, 6) is 1.14. The first kappa shape index (κ1) is 16.0. The molecule has 0 unspecified atom stereocenters. The van der Waals surface area contributed by atoms with Crippen molar-refractivity contribution in [1.29, 1.82) is 0 Å². The van der Waals surface area contributed by atoms with Gasteiger partial charge in [-0.3, -0.25) is 0 Å². The summed E-state index contributed by atoms with van der Waals surface area (Å²) < 4.78 is 11.0. The molecule has 3 nitrogen and oxygen atoms in total. The maximum Gasteiger partial charge on any atom is 0.161 e. The highest BCUT2D eigenvalue weighted by atomic mass is 35.5. The maximum absolute atomic E-state index is 9.58. The van der Waals surface area contributed by atoms with E-state index in [1.54, 1.807) is 50.4 Å². The van der Waals surface area contributed by atoms with E-state index in [-0.39, 0.29) is 6.61 Å². The third-order valence-corrected chi connectivity index (χ3v) is 3.66. The highest BCUT2D eigenvalue weighted by Gasteiger charge is 2.10. The number of hydrogen-bond acceptors (Lipinski definition) is 3. The van der Waals surface area contributed by atoms with Gasteiger partial charge in [-0.05, 0) is 42.8 Å². The molecule has 2 aromatic carbocycles. The van der Waals surface area contributed by atoms with Crippen molar-refractivity contribution < 1.29 is 14.6 Å². The van der Waals surface area contributed by atoms with E-state index in [0.29, 0.717) is 21.5 Å². The largest absolute Gasteiger partial charge is 0.493 e. The van der Waals surface area contributed by atoms with Crippen LogP contribution in [-0.4, -0.2) is 12.2 Å². The Morgan fingerprint density at radius 2 is 1.86 bits per heavy atom. The van der Waals surface area contributed by atoms with Crippen molar-refractivity contribution >= 4 is 23.2 Å². The van der Waals surface area contributed by atoms with E-state index in [1.165, 1.54) is 0 Å². The third kappa shape index (κ3) is 4.03.